The number of rotatable bonds is 5. The highest BCUT2D eigenvalue weighted by molar-refractivity contribution is 5.72. The molecule has 0 fully saturated rings. The van der Waals surface area contributed by atoms with Gasteiger partial charge in [-0.3, -0.25) is 18.7 Å². The lowest BCUT2D eigenvalue weighted by molar-refractivity contribution is -0.140. The van der Waals surface area contributed by atoms with Crippen molar-refractivity contribution >= 4 is 23.1 Å². The van der Waals surface area contributed by atoms with Gasteiger partial charge in [0.2, 0.25) is 5.95 Å². The Labute approximate surface area is 119 Å². The highest BCUT2D eigenvalue weighted by atomic mass is 16.5. The van der Waals surface area contributed by atoms with E-state index in [2.05, 4.69) is 15.3 Å². The van der Waals surface area contributed by atoms with E-state index in [0.29, 0.717) is 31.2 Å². The van der Waals surface area contributed by atoms with E-state index in [1.165, 1.54) is 18.5 Å². The van der Waals surface area contributed by atoms with Crippen LogP contribution in [0.5, 0.6) is 0 Å². The van der Waals surface area contributed by atoms with Crippen LogP contribution in [0.15, 0.2) is 9.59 Å². The van der Waals surface area contributed by atoms with Crippen LogP contribution in [0, 0.1) is 0 Å². The number of H-pyrrole nitrogens is 1. The van der Waals surface area contributed by atoms with Gasteiger partial charge in [0.15, 0.2) is 11.2 Å². The minimum absolute atomic E-state index is 0.266. The fourth-order valence-corrected chi connectivity index (χ4v) is 1.90. The summed E-state index contributed by atoms with van der Waals surface area (Å²) < 4.78 is 7.12. The topological polar surface area (TPSA) is 111 Å². The molecule has 21 heavy (non-hydrogen) atoms. The Hall–Kier alpha value is -2.58. The molecule has 2 heterocycles. The Morgan fingerprint density at radius 2 is 2.05 bits per heavy atom. The molecule has 0 saturated heterocycles. The van der Waals surface area contributed by atoms with Crippen LogP contribution in [0.25, 0.3) is 11.2 Å². The predicted molar refractivity (Wildman–Crippen MR) is 76.3 cm³/mol. The molecule has 0 aliphatic rings. The maximum atomic E-state index is 12.0. The molecule has 0 saturated carbocycles. The third-order valence-electron chi connectivity index (χ3n) is 3.01. The van der Waals surface area contributed by atoms with Crippen molar-refractivity contribution < 1.29 is 9.53 Å². The number of carbonyl (C=O) groups excluding carboxylic acids is 1. The van der Waals surface area contributed by atoms with Gasteiger partial charge in [-0.1, -0.05) is 0 Å². The molecule has 0 aliphatic heterocycles. The van der Waals surface area contributed by atoms with Gasteiger partial charge in [0.25, 0.3) is 5.56 Å². The number of aryl methyl sites for hydroxylation is 1. The molecule has 0 unspecified atom stereocenters. The average molecular weight is 295 g/mol. The summed E-state index contributed by atoms with van der Waals surface area (Å²) in [5.74, 6) is 0.0726. The van der Waals surface area contributed by atoms with Gasteiger partial charge in [-0.05, 0) is 6.42 Å². The highest BCUT2D eigenvalue weighted by Crippen LogP contribution is 2.08. The Bertz CT molecular complexity index is 785. The molecule has 0 radical (unpaired) electrons. The number of nitrogens with zero attached hydrogens (tertiary/aromatic N) is 3. The van der Waals surface area contributed by atoms with E-state index >= 15 is 0 Å². The van der Waals surface area contributed by atoms with Crippen molar-refractivity contribution in [2.75, 3.05) is 18.5 Å². The number of nitrogens with one attached hydrogen (secondary N) is 2. The Morgan fingerprint density at radius 3 is 2.71 bits per heavy atom. The van der Waals surface area contributed by atoms with E-state index in [1.807, 2.05) is 0 Å². The maximum absolute atomic E-state index is 12.0. The molecular weight excluding hydrogens is 278 g/mol. The molecule has 0 aliphatic carbocycles. The number of hydrogen-bond acceptors (Lipinski definition) is 6. The molecule has 0 bridgehead atoms. The molecule has 0 aromatic carbocycles. The first kappa shape index (κ1) is 14.8. The normalized spacial score (nSPS) is 10.8. The van der Waals surface area contributed by atoms with Crippen molar-refractivity contribution in [2.24, 2.45) is 14.1 Å². The Morgan fingerprint density at radius 1 is 1.33 bits per heavy atom. The summed E-state index contributed by atoms with van der Waals surface area (Å²) >= 11 is 0. The van der Waals surface area contributed by atoms with Crippen molar-refractivity contribution in [3.8, 4) is 0 Å². The summed E-state index contributed by atoms with van der Waals surface area (Å²) in [5.41, 5.74) is -0.290. The van der Waals surface area contributed by atoms with Crippen LogP contribution in [0.2, 0.25) is 0 Å². The SMILES string of the molecule is CC(=O)OCCCNc1nc2c([nH]1)c(=O)n(C)c(=O)n2C. The number of anilines is 1. The van der Waals surface area contributed by atoms with Crippen LogP contribution in [0.1, 0.15) is 13.3 Å². The number of carbonyl (C=O) groups is 1. The summed E-state index contributed by atoms with van der Waals surface area (Å²) in [5, 5.41) is 2.98. The number of esters is 1. The minimum Gasteiger partial charge on any atom is -0.466 e. The molecule has 2 aromatic rings. The second-order valence-electron chi connectivity index (χ2n) is 4.61. The smallest absolute Gasteiger partial charge is 0.332 e. The number of aromatic amines is 1. The summed E-state index contributed by atoms with van der Waals surface area (Å²) in [6, 6.07) is 0. The van der Waals surface area contributed by atoms with Gasteiger partial charge in [0, 0.05) is 27.6 Å². The third kappa shape index (κ3) is 2.96. The van der Waals surface area contributed by atoms with Gasteiger partial charge in [0.1, 0.15) is 0 Å². The van der Waals surface area contributed by atoms with E-state index in [-0.39, 0.29) is 11.5 Å². The van der Waals surface area contributed by atoms with Gasteiger partial charge < -0.3 is 15.0 Å². The van der Waals surface area contributed by atoms with E-state index in [0.717, 1.165) is 4.57 Å². The van der Waals surface area contributed by atoms with Gasteiger partial charge in [-0.15, -0.1) is 0 Å². The van der Waals surface area contributed by atoms with Gasteiger partial charge in [-0.25, -0.2) is 4.79 Å². The molecule has 0 spiro atoms. The van der Waals surface area contributed by atoms with Crippen molar-refractivity contribution in [3.05, 3.63) is 20.8 Å². The van der Waals surface area contributed by atoms with E-state index in [4.69, 9.17) is 4.74 Å². The van der Waals surface area contributed by atoms with E-state index in [9.17, 15) is 14.4 Å². The number of imidazole rings is 1. The number of fused-ring (bicyclic) bond motifs is 1. The number of hydrogen-bond donors (Lipinski definition) is 2. The molecule has 2 aromatic heterocycles. The zero-order valence-electron chi connectivity index (χ0n) is 12.1. The van der Waals surface area contributed by atoms with Crippen LogP contribution in [0.3, 0.4) is 0 Å². The lowest BCUT2D eigenvalue weighted by Gasteiger charge is -2.02. The first-order valence-electron chi connectivity index (χ1n) is 6.44. The van der Waals surface area contributed by atoms with Crippen molar-refractivity contribution in [1.82, 2.24) is 19.1 Å². The maximum Gasteiger partial charge on any atom is 0.332 e. The largest absolute Gasteiger partial charge is 0.466 e. The average Bonchev–Trinajstić information content (AvgIpc) is 2.86. The molecule has 9 nitrogen and oxygen atoms in total. The number of aromatic nitrogens is 4. The van der Waals surface area contributed by atoms with Crippen molar-refractivity contribution in [1.29, 1.82) is 0 Å². The van der Waals surface area contributed by atoms with Crippen LogP contribution in [-0.2, 0) is 23.6 Å². The first-order chi connectivity index (χ1) is 9.91. The van der Waals surface area contributed by atoms with E-state index in [1.54, 1.807) is 7.05 Å². The zero-order valence-corrected chi connectivity index (χ0v) is 12.1. The quantitative estimate of drug-likeness (QED) is 0.559. The summed E-state index contributed by atoms with van der Waals surface area (Å²) in [6.45, 7) is 2.17. The van der Waals surface area contributed by atoms with Gasteiger partial charge >= 0.3 is 11.7 Å². The summed E-state index contributed by atoms with van der Waals surface area (Å²) in [4.78, 5) is 41.4. The van der Waals surface area contributed by atoms with Crippen LogP contribution >= 0.6 is 0 Å². The standard InChI is InChI=1S/C12H17N5O4/c1-7(18)21-6-4-5-13-11-14-8-9(15-11)16(2)12(20)17(3)10(8)19/h4-6H2,1-3H3,(H2,13,14,15). The second-order valence-corrected chi connectivity index (χ2v) is 4.61. The van der Waals surface area contributed by atoms with Crippen LogP contribution < -0.4 is 16.6 Å². The van der Waals surface area contributed by atoms with Gasteiger partial charge in [0.05, 0.1) is 6.61 Å². The summed E-state index contributed by atoms with van der Waals surface area (Å²) in [7, 11) is 2.96. The fourth-order valence-electron chi connectivity index (χ4n) is 1.90. The lowest BCUT2D eigenvalue weighted by Crippen LogP contribution is -2.36. The monoisotopic (exact) mass is 295 g/mol. The molecule has 114 valence electrons. The Kier molecular flexibility index (Phi) is 4.10. The molecule has 0 amide bonds. The Balaban J connectivity index is 2.15. The van der Waals surface area contributed by atoms with Gasteiger partial charge in [-0.2, -0.15) is 4.98 Å². The van der Waals surface area contributed by atoms with Crippen molar-refractivity contribution in [3.63, 3.8) is 0 Å². The molecular formula is C12H17N5O4. The summed E-state index contributed by atoms with van der Waals surface area (Å²) in [6.07, 6.45) is 0.605. The number of ether oxygens (including phenoxy) is 1. The molecule has 2 rings (SSSR count). The van der Waals surface area contributed by atoms with Crippen LogP contribution in [-0.4, -0.2) is 38.2 Å². The van der Waals surface area contributed by atoms with E-state index < -0.39 is 11.2 Å². The highest BCUT2D eigenvalue weighted by Gasteiger charge is 2.12. The van der Waals surface area contributed by atoms with Crippen LogP contribution in [0.4, 0.5) is 5.95 Å². The first-order valence-corrected chi connectivity index (χ1v) is 6.44. The fraction of sp³-hybridized carbons (Fsp3) is 0.500. The second kappa shape index (κ2) is 5.81. The molecule has 0 atom stereocenters. The zero-order chi connectivity index (χ0) is 15.6. The third-order valence-corrected chi connectivity index (χ3v) is 3.01. The lowest BCUT2D eigenvalue weighted by atomic mass is 10.4. The molecule has 2 N–H and O–H groups in total. The minimum atomic E-state index is -0.430. The molecule has 9 heteroatoms. The predicted octanol–water partition coefficient (Wildman–Crippen LogP) is -0.675. The van der Waals surface area contributed by atoms with Crippen molar-refractivity contribution in [2.45, 2.75) is 13.3 Å².